The van der Waals surface area contributed by atoms with Crippen LogP contribution in [0.4, 0.5) is 30.5 Å². The van der Waals surface area contributed by atoms with E-state index in [9.17, 15) is 22.8 Å². The Morgan fingerprint density at radius 2 is 1.72 bits per heavy atom. The van der Waals surface area contributed by atoms with Crippen molar-refractivity contribution in [3.8, 4) is 16.9 Å². The molecule has 2 aliphatic heterocycles. The molecule has 230 valence electrons. The first-order chi connectivity index (χ1) is 20.5. The van der Waals surface area contributed by atoms with Gasteiger partial charge in [0.15, 0.2) is 0 Å². The van der Waals surface area contributed by atoms with E-state index in [0.717, 1.165) is 6.20 Å². The zero-order valence-corrected chi connectivity index (χ0v) is 24.4. The number of aromatic amines is 1. The fraction of sp³-hybridized carbons (Fsp3) is 0.448. The molecule has 2 atom stereocenters. The number of rotatable bonds is 6. The van der Waals surface area contributed by atoms with Gasteiger partial charge in [-0.05, 0) is 27.0 Å². The monoisotopic (exact) mass is 601 g/mol. The summed E-state index contributed by atoms with van der Waals surface area (Å²) in [5, 5.41) is 2.69. The predicted octanol–water partition coefficient (Wildman–Crippen LogP) is 3.48. The molecule has 11 nitrogen and oxygen atoms in total. The Bertz CT molecular complexity index is 1510. The number of anilines is 3. The van der Waals surface area contributed by atoms with Crippen molar-refractivity contribution in [3.63, 3.8) is 0 Å². The van der Waals surface area contributed by atoms with E-state index in [1.807, 2.05) is 11.9 Å². The van der Waals surface area contributed by atoms with Crippen LogP contribution >= 0.6 is 0 Å². The van der Waals surface area contributed by atoms with Crippen LogP contribution in [-0.4, -0.2) is 91.4 Å². The lowest BCUT2D eigenvalue weighted by Crippen LogP contribution is -2.55. The lowest BCUT2D eigenvalue weighted by molar-refractivity contribution is -0.138. The Balaban J connectivity index is 1.57. The molecule has 2 unspecified atom stereocenters. The molecule has 4 heterocycles. The van der Waals surface area contributed by atoms with E-state index in [4.69, 9.17) is 9.47 Å². The highest BCUT2D eigenvalue weighted by atomic mass is 19.4. The molecule has 1 amide bonds. The van der Waals surface area contributed by atoms with Crippen molar-refractivity contribution >= 4 is 23.2 Å². The summed E-state index contributed by atoms with van der Waals surface area (Å²) < 4.78 is 52.5. The number of pyridine rings is 1. The van der Waals surface area contributed by atoms with E-state index in [2.05, 4.69) is 43.9 Å². The second kappa shape index (κ2) is 12.2. The number of halogens is 3. The number of alkyl halides is 3. The van der Waals surface area contributed by atoms with E-state index in [1.54, 1.807) is 24.5 Å². The van der Waals surface area contributed by atoms with Crippen LogP contribution in [0.1, 0.15) is 29.8 Å². The second-order valence-electron chi connectivity index (χ2n) is 10.8. The zero-order chi connectivity index (χ0) is 30.9. The van der Waals surface area contributed by atoms with Gasteiger partial charge in [0.25, 0.3) is 5.91 Å². The average molecular weight is 602 g/mol. The van der Waals surface area contributed by atoms with Gasteiger partial charge in [0.1, 0.15) is 5.75 Å². The van der Waals surface area contributed by atoms with Crippen molar-refractivity contribution in [2.24, 2.45) is 0 Å². The van der Waals surface area contributed by atoms with Gasteiger partial charge in [-0.1, -0.05) is 0 Å². The minimum Gasteiger partial charge on any atom is -0.496 e. The van der Waals surface area contributed by atoms with E-state index in [1.165, 1.54) is 7.11 Å². The van der Waals surface area contributed by atoms with Crippen LogP contribution in [0, 0.1) is 0 Å². The first kappa shape index (κ1) is 30.3. The molecular formula is C29H34F3N7O4. The number of carbonyl (C=O) groups is 1. The Kier molecular flexibility index (Phi) is 8.60. The molecule has 2 N–H and O–H groups in total. The van der Waals surface area contributed by atoms with Crippen molar-refractivity contribution in [1.82, 2.24) is 19.9 Å². The highest BCUT2D eigenvalue weighted by molar-refractivity contribution is 6.07. The number of methoxy groups -OCH3 is 1. The average Bonchev–Trinajstić information content (AvgIpc) is 2.99. The third-order valence-corrected chi connectivity index (χ3v) is 7.98. The summed E-state index contributed by atoms with van der Waals surface area (Å²) in [6, 6.07) is 4.13. The smallest absolute Gasteiger partial charge is 0.417 e. The molecule has 0 saturated carbocycles. The summed E-state index contributed by atoms with van der Waals surface area (Å²) in [4.78, 5) is 42.6. The molecule has 2 aromatic heterocycles. The number of likely N-dealkylation sites (N-methyl/N-ethyl adjacent to an activating group) is 1. The fourth-order valence-electron chi connectivity index (χ4n) is 5.40. The first-order valence-corrected chi connectivity index (χ1v) is 13.9. The largest absolute Gasteiger partial charge is 0.496 e. The molecule has 43 heavy (non-hydrogen) atoms. The number of carbonyl (C=O) groups excluding carboxylic acids is 1. The van der Waals surface area contributed by atoms with Gasteiger partial charge in [-0.25, -0.2) is 9.97 Å². The Morgan fingerprint density at radius 3 is 2.33 bits per heavy atom. The number of morpholine rings is 1. The van der Waals surface area contributed by atoms with Crippen LogP contribution in [-0.2, 0) is 10.9 Å². The van der Waals surface area contributed by atoms with Crippen molar-refractivity contribution < 1.29 is 27.4 Å². The van der Waals surface area contributed by atoms with Crippen LogP contribution in [0.5, 0.6) is 5.75 Å². The van der Waals surface area contributed by atoms with Crippen molar-refractivity contribution in [1.29, 1.82) is 0 Å². The van der Waals surface area contributed by atoms with Crippen molar-refractivity contribution in [2.75, 3.05) is 68.7 Å². The van der Waals surface area contributed by atoms with E-state index < -0.39 is 28.8 Å². The normalized spacial score (nSPS) is 19.8. The minimum atomic E-state index is -4.91. The quantitative estimate of drug-likeness (QED) is 0.438. The molecule has 2 saturated heterocycles. The second-order valence-corrected chi connectivity index (χ2v) is 10.8. The molecule has 14 heteroatoms. The topological polar surface area (TPSA) is 116 Å². The number of hydrogen-bond donors (Lipinski definition) is 2. The summed E-state index contributed by atoms with van der Waals surface area (Å²) >= 11 is 0. The minimum absolute atomic E-state index is 0.162. The first-order valence-electron chi connectivity index (χ1n) is 13.9. The number of aromatic nitrogens is 3. The van der Waals surface area contributed by atoms with Crippen LogP contribution in [0.3, 0.4) is 0 Å². The van der Waals surface area contributed by atoms with Crippen molar-refractivity contribution in [2.45, 2.75) is 32.1 Å². The number of amides is 1. The Labute approximate surface area is 246 Å². The van der Waals surface area contributed by atoms with Gasteiger partial charge in [0, 0.05) is 80.1 Å². The van der Waals surface area contributed by atoms with E-state index >= 15 is 0 Å². The van der Waals surface area contributed by atoms with Crippen LogP contribution in [0.25, 0.3) is 11.1 Å². The number of piperazine rings is 1. The molecule has 0 aliphatic carbocycles. The lowest BCUT2D eigenvalue weighted by Gasteiger charge is -2.44. The molecule has 3 aromatic rings. The maximum absolute atomic E-state index is 13.8. The maximum Gasteiger partial charge on any atom is 0.417 e. The zero-order valence-electron chi connectivity index (χ0n) is 24.4. The van der Waals surface area contributed by atoms with E-state index in [-0.39, 0.29) is 17.8 Å². The van der Waals surface area contributed by atoms with Crippen LogP contribution in [0.2, 0.25) is 0 Å². The number of benzene rings is 1. The predicted molar refractivity (Wildman–Crippen MR) is 156 cm³/mol. The molecule has 0 bridgehead atoms. The lowest BCUT2D eigenvalue weighted by atomic mass is 10.0. The molecule has 0 radical (unpaired) electrons. The number of hydrogen-bond acceptors (Lipinski definition) is 9. The van der Waals surface area contributed by atoms with Gasteiger partial charge in [-0.3, -0.25) is 14.5 Å². The van der Waals surface area contributed by atoms with Crippen molar-refractivity contribution in [3.05, 3.63) is 58.3 Å². The highest BCUT2D eigenvalue weighted by Crippen LogP contribution is 2.41. The standard InChI is InChI=1S/C29H34F3N7O4/c1-17-15-39(16-18(2)37(17)3)24-11-25(42-4)20(19-12-34-28(35-13-19)38-5-7-43-8-6-38)9-23(24)36-27(41)21-14-33-26(40)10-22(21)29(30,31)32/h9-14,17-18H,5-8,15-16H2,1-4H3,(H,33,40)(H,36,41). The molecule has 0 spiro atoms. The third-order valence-electron chi connectivity index (χ3n) is 7.98. The fourth-order valence-corrected chi connectivity index (χ4v) is 5.40. The van der Waals surface area contributed by atoms with Crippen LogP contribution in [0.15, 0.2) is 41.6 Å². The number of H-pyrrole nitrogens is 1. The summed E-state index contributed by atoms with van der Waals surface area (Å²) in [5.74, 6) is 0.0133. The van der Waals surface area contributed by atoms with Gasteiger partial charge in [0.2, 0.25) is 11.5 Å². The van der Waals surface area contributed by atoms with Gasteiger partial charge in [0.05, 0.1) is 42.8 Å². The van der Waals surface area contributed by atoms with E-state index in [0.29, 0.717) is 74.0 Å². The summed E-state index contributed by atoms with van der Waals surface area (Å²) in [7, 11) is 3.56. The van der Waals surface area contributed by atoms with Gasteiger partial charge in [-0.15, -0.1) is 0 Å². The molecule has 2 aliphatic rings. The number of ether oxygens (including phenoxy) is 2. The summed E-state index contributed by atoms with van der Waals surface area (Å²) in [6.45, 7) is 7.87. The third kappa shape index (κ3) is 6.44. The number of nitrogens with one attached hydrogen (secondary N) is 2. The maximum atomic E-state index is 13.8. The Morgan fingerprint density at radius 1 is 1.07 bits per heavy atom. The molecule has 1 aromatic carbocycles. The number of nitrogens with zero attached hydrogens (tertiary/aromatic N) is 5. The van der Waals surface area contributed by atoms with Gasteiger partial charge in [-0.2, -0.15) is 13.2 Å². The highest BCUT2D eigenvalue weighted by Gasteiger charge is 2.36. The summed E-state index contributed by atoms with van der Waals surface area (Å²) in [6.07, 6.45) is -0.839. The molecule has 2 fully saturated rings. The molecule has 5 rings (SSSR count). The summed E-state index contributed by atoms with van der Waals surface area (Å²) in [5.41, 5.74) is -0.978. The SMILES string of the molecule is COc1cc(N2CC(C)N(C)C(C)C2)c(NC(=O)c2c[nH]c(=O)cc2C(F)(F)F)cc1-c1cnc(N2CCOCC2)nc1. The Hall–Kier alpha value is -4.17. The van der Waals surface area contributed by atoms with Gasteiger partial charge >= 0.3 is 6.18 Å². The molecular weight excluding hydrogens is 567 g/mol. The van der Waals surface area contributed by atoms with Gasteiger partial charge < -0.3 is 29.6 Å². The van der Waals surface area contributed by atoms with Crippen LogP contribution < -0.4 is 25.4 Å².